The quantitative estimate of drug-likeness (QED) is 0.428. The van der Waals surface area contributed by atoms with Crippen LogP contribution in [-0.4, -0.2) is 65.2 Å². The number of hydrogen-bond acceptors (Lipinski definition) is 6. The van der Waals surface area contributed by atoms with Gasteiger partial charge in [-0.15, -0.1) is 0 Å². The molecule has 11 heteroatoms. The number of nitrogens with zero attached hydrogens (tertiary/aromatic N) is 3. The SMILES string of the molecule is CN1CCC(CNC(=O)c2ccc(Nc3nc(NCC(F)(F)F)c4cc[nH]c4n3)cc2)CC1. The highest BCUT2D eigenvalue weighted by molar-refractivity contribution is 5.94. The highest BCUT2D eigenvalue weighted by Crippen LogP contribution is 2.25. The van der Waals surface area contributed by atoms with Gasteiger partial charge in [0.1, 0.15) is 18.0 Å². The molecule has 1 aliphatic rings. The van der Waals surface area contributed by atoms with Gasteiger partial charge in [-0.05, 0) is 69.2 Å². The summed E-state index contributed by atoms with van der Waals surface area (Å²) in [5, 5.41) is 8.75. The molecule has 0 bridgehead atoms. The van der Waals surface area contributed by atoms with Crippen LogP contribution in [0.4, 0.5) is 30.6 Å². The fraction of sp³-hybridized carbons (Fsp3) is 0.409. The van der Waals surface area contributed by atoms with E-state index in [2.05, 4.69) is 42.8 Å². The molecular weight excluding hydrogens is 435 g/mol. The Balaban J connectivity index is 1.38. The number of likely N-dealkylation sites (tertiary alicyclic amines) is 1. The number of H-pyrrole nitrogens is 1. The van der Waals surface area contributed by atoms with Crippen LogP contribution in [0, 0.1) is 5.92 Å². The molecule has 1 aromatic carbocycles. The van der Waals surface area contributed by atoms with Crippen molar-refractivity contribution in [1.29, 1.82) is 0 Å². The molecular formula is C22H26F3N7O. The normalized spacial score (nSPS) is 15.5. The van der Waals surface area contributed by atoms with Crippen molar-refractivity contribution in [3.63, 3.8) is 0 Å². The number of aromatic amines is 1. The summed E-state index contributed by atoms with van der Waals surface area (Å²) < 4.78 is 37.9. The van der Waals surface area contributed by atoms with Crippen molar-refractivity contribution < 1.29 is 18.0 Å². The minimum Gasteiger partial charge on any atom is -0.360 e. The number of rotatable bonds is 7. The third kappa shape index (κ3) is 6.13. The highest BCUT2D eigenvalue weighted by atomic mass is 19.4. The van der Waals surface area contributed by atoms with Gasteiger partial charge in [0.2, 0.25) is 5.95 Å². The van der Waals surface area contributed by atoms with Gasteiger partial charge >= 0.3 is 6.18 Å². The van der Waals surface area contributed by atoms with Crippen LogP contribution in [0.3, 0.4) is 0 Å². The third-order valence-corrected chi connectivity index (χ3v) is 5.66. The third-order valence-electron chi connectivity index (χ3n) is 5.66. The number of piperidine rings is 1. The summed E-state index contributed by atoms with van der Waals surface area (Å²) in [6.07, 6.45) is -0.638. The molecule has 0 atom stereocenters. The van der Waals surface area contributed by atoms with Gasteiger partial charge in [0.25, 0.3) is 5.91 Å². The molecule has 1 aliphatic heterocycles. The first-order valence-corrected chi connectivity index (χ1v) is 10.8. The average molecular weight is 461 g/mol. The van der Waals surface area contributed by atoms with Crippen LogP contribution in [0.1, 0.15) is 23.2 Å². The van der Waals surface area contributed by atoms with Gasteiger partial charge in [0.15, 0.2) is 0 Å². The number of alkyl halides is 3. The molecule has 1 fully saturated rings. The predicted octanol–water partition coefficient (Wildman–Crippen LogP) is 3.75. The van der Waals surface area contributed by atoms with E-state index in [0.717, 1.165) is 25.9 Å². The maximum absolute atomic E-state index is 12.6. The second-order valence-electron chi connectivity index (χ2n) is 8.26. The van der Waals surface area contributed by atoms with Crippen LogP contribution in [0.15, 0.2) is 36.5 Å². The van der Waals surface area contributed by atoms with Crippen molar-refractivity contribution in [1.82, 2.24) is 25.2 Å². The molecule has 33 heavy (non-hydrogen) atoms. The minimum absolute atomic E-state index is 0.0750. The van der Waals surface area contributed by atoms with Crippen molar-refractivity contribution in [3.8, 4) is 0 Å². The van der Waals surface area contributed by atoms with Crippen LogP contribution in [0.25, 0.3) is 11.0 Å². The molecule has 176 valence electrons. The number of carbonyl (C=O) groups excluding carboxylic acids is 1. The van der Waals surface area contributed by atoms with Gasteiger partial charge < -0.3 is 25.8 Å². The lowest BCUT2D eigenvalue weighted by Gasteiger charge is -2.28. The summed E-state index contributed by atoms with van der Waals surface area (Å²) in [6, 6.07) is 8.38. The summed E-state index contributed by atoms with van der Waals surface area (Å²) in [5.41, 5.74) is 1.54. The molecule has 8 nitrogen and oxygen atoms in total. The Morgan fingerprint density at radius 3 is 2.58 bits per heavy atom. The Morgan fingerprint density at radius 2 is 1.88 bits per heavy atom. The lowest BCUT2D eigenvalue weighted by molar-refractivity contribution is -0.115. The number of benzene rings is 1. The molecule has 1 saturated heterocycles. The van der Waals surface area contributed by atoms with Gasteiger partial charge in [-0.25, -0.2) is 0 Å². The Kier molecular flexibility index (Phi) is 6.68. The molecule has 3 heterocycles. The van der Waals surface area contributed by atoms with E-state index in [1.54, 1.807) is 36.5 Å². The molecule has 2 aromatic heterocycles. The Labute approximate surface area is 189 Å². The van der Waals surface area contributed by atoms with Crippen LogP contribution in [0.5, 0.6) is 0 Å². The van der Waals surface area contributed by atoms with E-state index in [4.69, 9.17) is 0 Å². The topological polar surface area (TPSA) is 98.0 Å². The first-order valence-electron chi connectivity index (χ1n) is 10.8. The number of nitrogens with one attached hydrogen (secondary N) is 4. The van der Waals surface area contributed by atoms with Crippen molar-refractivity contribution >= 4 is 34.4 Å². The van der Waals surface area contributed by atoms with E-state index in [1.807, 2.05) is 0 Å². The van der Waals surface area contributed by atoms with Gasteiger partial charge in [-0.3, -0.25) is 4.79 Å². The monoisotopic (exact) mass is 461 g/mol. The van der Waals surface area contributed by atoms with E-state index in [1.165, 1.54) is 0 Å². The van der Waals surface area contributed by atoms with Gasteiger partial charge in [-0.1, -0.05) is 0 Å². The lowest BCUT2D eigenvalue weighted by atomic mass is 9.97. The minimum atomic E-state index is -4.37. The zero-order valence-electron chi connectivity index (χ0n) is 18.2. The van der Waals surface area contributed by atoms with Gasteiger partial charge in [-0.2, -0.15) is 23.1 Å². The van der Waals surface area contributed by atoms with Crippen LogP contribution >= 0.6 is 0 Å². The van der Waals surface area contributed by atoms with Crippen LogP contribution in [0.2, 0.25) is 0 Å². The predicted molar refractivity (Wildman–Crippen MR) is 121 cm³/mol. The van der Waals surface area contributed by atoms with E-state index in [-0.39, 0.29) is 17.7 Å². The van der Waals surface area contributed by atoms with E-state index in [9.17, 15) is 18.0 Å². The van der Waals surface area contributed by atoms with Crippen molar-refractivity contribution in [2.24, 2.45) is 5.92 Å². The Hall–Kier alpha value is -3.34. The van der Waals surface area contributed by atoms with Gasteiger partial charge in [0, 0.05) is 24.0 Å². The van der Waals surface area contributed by atoms with Crippen molar-refractivity contribution in [2.45, 2.75) is 19.0 Å². The largest absolute Gasteiger partial charge is 0.405 e. The second-order valence-corrected chi connectivity index (χ2v) is 8.26. The van der Waals surface area contributed by atoms with Crippen LogP contribution in [-0.2, 0) is 0 Å². The molecule has 1 amide bonds. The van der Waals surface area contributed by atoms with Gasteiger partial charge in [0.05, 0.1) is 5.39 Å². The number of carbonyl (C=O) groups is 1. The molecule has 0 radical (unpaired) electrons. The maximum Gasteiger partial charge on any atom is 0.405 e. The second kappa shape index (κ2) is 9.65. The summed E-state index contributed by atoms with van der Waals surface area (Å²) >= 11 is 0. The fourth-order valence-corrected chi connectivity index (χ4v) is 3.76. The smallest absolute Gasteiger partial charge is 0.360 e. The first kappa shape index (κ1) is 22.8. The molecule has 4 rings (SSSR count). The van der Waals surface area contributed by atoms with Crippen LogP contribution < -0.4 is 16.0 Å². The zero-order valence-corrected chi connectivity index (χ0v) is 18.2. The summed E-state index contributed by atoms with van der Waals surface area (Å²) in [5.74, 6) is 0.564. The molecule has 0 saturated carbocycles. The number of anilines is 3. The molecule has 3 aromatic rings. The number of aromatic nitrogens is 3. The number of fused-ring (bicyclic) bond motifs is 1. The number of halogens is 3. The number of amides is 1. The zero-order chi connectivity index (χ0) is 23.4. The molecule has 4 N–H and O–H groups in total. The fourth-order valence-electron chi connectivity index (χ4n) is 3.76. The maximum atomic E-state index is 12.6. The highest BCUT2D eigenvalue weighted by Gasteiger charge is 2.27. The Bertz CT molecular complexity index is 1090. The molecule has 0 spiro atoms. The number of hydrogen-bond donors (Lipinski definition) is 4. The standard InChI is InChI=1S/C22H26F3N7O/c1-32-10-7-14(8-11-32)12-27-20(33)15-2-4-16(5-3-15)29-21-30-18-17(6-9-26-18)19(31-21)28-13-22(23,24)25/h2-6,9,14H,7-8,10-13H2,1H3,(H,27,33)(H3,26,28,29,30,31). The lowest BCUT2D eigenvalue weighted by Crippen LogP contribution is -2.36. The molecule has 0 aliphatic carbocycles. The average Bonchev–Trinajstić information content (AvgIpc) is 3.26. The van der Waals surface area contributed by atoms with E-state index < -0.39 is 12.7 Å². The summed E-state index contributed by atoms with van der Waals surface area (Å²) in [6.45, 7) is 1.55. The summed E-state index contributed by atoms with van der Waals surface area (Å²) in [7, 11) is 2.10. The molecule has 0 unspecified atom stereocenters. The first-order chi connectivity index (χ1) is 15.8. The van der Waals surface area contributed by atoms with Crippen molar-refractivity contribution in [3.05, 3.63) is 42.1 Å². The van der Waals surface area contributed by atoms with E-state index >= 15 is 0 Å². The summed E-state index contributed by atoms with van der Waals surface area (Å²) in [4.78, 5) is 26.1. The van der Waals surface area contributed by atoms with E-state index in [0.29, 0.717) is 34.7 Å². The van der Waals surface area contributed by atoms with Crippen molar-refractivity contribution in [2.75, 3.05) is 43.9 Å². The Morgan fingerprint density at radius 1 is 1.15 bits per heavy atom.